The molecule has 0 rings (SSSR count). The van der Waals surface area contributed by atoms with Gasteiger partial charge in [0.25, 0.3) is 0 Å². The molecule has 0 aliphatic rings. The van der Waals surface area contributed by atoms with Crippen LogP contribution in [0.2, 0.25) is 0 Å². The van der Waals surface area contributed by atoms with Gasteiger partial charge < -0.3 is 4.89 Å². The summed E-state index contributed by atoms with van der Waals surface area (Å²) in [6.45, 7) is 0. The van der Waals surface area contributed by atoms with E-state index in [1.165, 1.54) is 0 Å². The van der Waals surface area contributed by atoms with Gasteiger partial charge in [-0.1, -0.05) is 0 Å². The van der Waals surface area contributed by atoms with Gasteiger partial charge in [0.15, 0.2) is 8.69 Å². The molecule has 0 heterocycles. The number of rotatable bonds is 0. The molecule has 24 valence electrons. The van der Waals surface area contributed by atoms with Crippen LogP contribution in [0.5, 0.6) is 0 Å². The molecule has 0 spiro atoms. The Morgan fingerprint density at radius 2 is 1.75 bits per heavy atom. The fourth-order valence-electron chi connectivity index (χ4n) is 0. The summed E-state index contributed by atoms with van der Waals surface area (Å²) in [6, 6.07) is 0. The molecule has 1 atom stereocenters. The van der Waals surface area contributed by atoms with Crippen LogP contribution in [0.4, 0.5) is 0 Å². The molecule has 1 N–H and O–H groups in total. The Hall–Kier alpha value is 1.67. The monoisotopic (exact) mass is 156 g/mol. The van der Waals surface area contributed by atoms with E-state index in [0.717, 1.165) is 0 Å². The van der Waals surface area contributed by atoms with Crippen LogP contribution in [0.1, 0.15) is 0 Å². The molecule has 0 fully saturated rings. The number of hydrogen-bond donors (Lipinski definition) is 1. The molecule has 1 unspecified atom stereocenters. The van der Waals surface area contributed by atoms with Crippen molar-refractivity contribution in [1.82, 2.24) is 0 Å². The molecule has 0 saturated heterocycles. The average molecular weight is 156 g/mol. The van der Waals surface area contributed by atoms with Gasteiger partial charge in [0.1, 0.15) is 0 Å². The molecule has 0 aliphatic heterocycles. The first-order chi connectivity index (χ1) is 1.41. The normalized spacial score (nSPS) is 7.25. The fourth-order valence-corrected chi connectivity index (χ4v) is 0. The molecule has 0 saturated carbocycles. The zero-order chi connectivity index (χ0) is 2.71. The van der Waals surface area contributed by atoms with Crippen molar-refractivity contribution in [1.29, 1.82) is 0 Å². The van der Waals surface area contributed by atoms with Gasteiger partial charge in [-0.25, -0.2) is 0 Å². The second-order valence-electron chi connectivity index (χ2n) is 0.105. The first-order valence-electron chi connectivity index (χ1n) is 0.494. The predicted octanol–water partition coefficient (Wildman–Crippen LogP) is -1.27. The van der Waals surface area contributed by atoms with Crippen molar-refractivity contribution in [3.63, 3.8) is 0 Å². The quantitative estimate of drug-likeness (QED) is 0.350. The van der Waals surface area contributed by atoms with Gasteiger partial charge in [-0.2, -0.15) is 0 Å². The van der Waals surface area contributed by atoms with Crippen molar-refractivity contribution < 1.29 is 9.46 Å². The standard InChI is InChI=1S/H3O2P.Sr.2H/c1-3-2;;;/h3H2,(H,1,2);;;. The minimum absolute atomic E-state index is 0. The van der Waals surface area contributed by atoms with Crippen LogP contribution in [0.25, 0.3) is 0 Å². The molecular weight excluding hydrogens is 151 g/mol. The average Bonchev–Trinajstić information content (AvgIpc) is 0.918. The zero-order valence-corrected chi connectivity index (χ0v) is 2.59. The topological polar surface area (TPSA) is 37.3 Å². The van der Waals surface area contributed by atoms with E-state index >= 15 is 0 Å². The fraction of sp³-hybridized carbons (Fsp3) is 0. The molecule has 0 aromatic carbocycles. The molecular formula is H5O2PSr. The van der Waals surface area contributed by atoms with Gasteiger partial charge in [-0.3, -0.25) is 4.57 Å². The molecule has 0 radical (unpaired) electrons. The Morgan fingerprint density at radius 1 is 1.75 bits per heavy atom. The Balaban J connectivity index is 0. The van der Waals surface area contributed by atoms with Crippen molar-refractivity contribution in [3.8, 4) is 0 Å². The van der Waals surface area contributed by atoms with Crippen LogP contribution in [0, 0.1) is 0 Å². The summed E-state index contributed by atoms with van der Waals surface area (Å²) in [7, 11) is -1.50. The second kappa shape index (κ2) is 8.82. The Kier molecular flexibility index (Phi) is 20.3. The van der Waals surface area contributed by atoms with Crippen LogP contribution < -0.4 is 0 Å². The van der Waals surface area contributed by atoms with Crippen LogP contribution in [-0.4, -0.2) is 50.4 Å². The minimum atomic E-state index is -1.50. The van der Waals surface area contributed by atoms with Gasteiger partial charge >= 0.3 is 45.5 Å². The molecule has 4 heteroatoms. The third kappa shape index (κ3) is 9.38. The summed E-state index contributed by atoms with van der Waals surface area (Å²) < 4.78 is 8.57. The van der Waals surface area contributed by atoms with Gasteiger partial charge in [-0.05, 0) is 0 Å². The number of hydrogen-bond acceptors (Lipinski definition) is 1. The molecule has 0 aromatic heterocycles. The van der Waals surface area contributed by atoms with E-state index in [-0.39, 0.29) is 45.5 Å². The molecule has 0 aliphatic carbocycles. The molecule has 4 heavy (non-hydrogen) atoms. The maximum atomic E-state index is 8.57. The van der Waals surface area contributed by atoms with Crippen molar-refractivity contribution in [3.05, 3.63) is 0 Å². The van der Waals surface area contributed by atoms with Crippen LogP contribution in [0.15, 0.2) is 0 Å². The van der Waals surface area contributed by atoms with E-state index in [0.29, 0.717) is 0 Å². The summed E-state index contributed by atoms with van der Waals surface area (Å²) in [5.74, 6) is 0. The Bertz CT molecular complexity index is 13.5. The SMILES string of the molecule is O=[PH2]O.[SrH2]. The van der Waals surface area contributed by atoms with Crippen LogP contribution in [0.3, 0.4) is 0 Å². The molecule has 0 aromatic rings. The Morgan fingerprint density at radius 3 is 1.75 bits per heavy atom. The third-order valence-corrected chi connectivity index (χ3v) is 0. The van der Waals surface area contributed by atoms with E-state index in [1.54, 1.807) is 0 Å². The van der Waals surface area contributed by atoms with Crippen molar-refractivity contribution >= 4 is 54.2 Å². The van der Waals surface area contributed by atoms with Gasteiger partial charge in [0.05, 0.1) is 0 Å². The first kappa shape index (κ1) is 9.18. The van der Waals surface area contributed by atoms with Crippen molar-refractivity contribution in [2.24, 2.45) is 0 Å². The summed E-state index contributed by atoms with van der Waals surface area (Å²) in [6.07, 6.45) is 0. The second-order valence-corrected chi connectivity index (χ2v) is 0.316. The summed E-state index contributed by atoms with van der Waals surface area (Å²) in [5, 5.41) is 0. The van der Waals surface area contributed by atoms with E-state index < -0.39 is 8.69 Å². The molecule has 0 bridgehead atoms. The first-order valence-corrected chi connectivity index (χ1v) is 1.48. The van der Waals surface area contributed by atoms with Crippen molar-refractivity contribution in [2.75, 3.05) is 0 Å². The van der Waals surface area contributed by atoms with Gasteiger partial charge in [0, 0.05) is 0 Å². The summed E-state index contributed by atoms with van der Waals surface area (Å²) in [5.41, 5.74) is 0. The van der Waals surface area contributed by atoms with E-state index in [9.17, 15) is 0 Å². The third-order valence-electron chi connectivity index (χ3n) is 0. The zero-order valence-electron chi connectivity index (χ0n) is 1.43. The molecule has 0 amide bonds. The predicted molar refractivity (Wildman–Crippen MR) is 21.2 cm³/mol. The van der Waals surface area contributed by atoms with Gasteiger partial charge in [-0.15, -0.1) is 0 Å². The summed E-state index contributed by atoms with van der Waals surface area (Å²) in [4.78, 5) is 7.10. The Labute approximate surface area is 62.8 Å². The van der Waals surface area contributed by atoms with E-state index in [4.69, 9.17) is 9.46 Å². The molecule has 2 nitrogen and oxygen atoms in total. The van der Waals surface area contributed by atoms with Gasteiger partial charge in [0.2, 0.25) is 0 Å². The van der Waals surface area contributed by atoms with Crippen LogP contribution in [-0.2, 0) is 4.57 Å². The summed E-state index contributed by atoms with van der Waals surface area (Å²) >= 11 is 0. The van der Waals surface area contributed by atoms with E-state index in [1.807, 2.05) is 0 Å². The van der Waals surface area contributed by atoms with Crippen molar-refractivity contribution in [2.45, 2.75) is 0 Å². The maximum absolute atomic E-state index is 8.57. The van der Waals surface area contributed by atoms with Crippen LogP contribution >= 0.6 is 8.69 Å². The van der Waals surface area contributed by atoms with E-state index in [2.05, 4.69) is 0 Å².